The van der Waals surface area contributed by atoms with E-state index >= 15 is 0 Å². The number of aryl methyl sites for hydroxylation is 2. The van der Waals surface area contributed by atoms with Crippen LogP contribution in [-0.4, -0.2) is 36.2 Å². The normalized spacial score (nSPS) is 14.2. The van der Waals surface area contributed by atoms with Crippen molar-refractivity contribution in [2.75, 3.05) is 25.1 Å². The molecule has 5 nitrogen and oxygen atoms in total. The molecule has 1 aromatic heterocycles. The van der Waals surface area contributed by atoms with Gasteiger partial charge in [-0.1, -0.05) is 36.1 Å². The van der Waals surface area contributed by atoms with Crippen LogP contribution in [0.3, 0.4) is 0 Å². The highest BCUT2D eigenvalue weighted by molar-refractivity contribution is 5.83. The number of nitrogens with zero attached hydrogens (tertiary/aromatic N) is 3. The van der Waals surface area contributed by atoms with Crippen LogP contribution in [0.1, 0.15) is 60.4 Å². The lowest BCUT2D eigenvalue weighted by Crippen LogP contribution is -2.33. The number of hydrogen-bond donors (Lipinski definition) is 0. The Morgan fingerprint density at radius 3 is 2.42 bits per heavy atom. The van der Waals surface area contributed by atoms with E-state index < -0.39 is 17.8 Å². The third-order valence-corrected chi connectivity index (χ3v) is 7.29. The quantitative estimate of drug-likeness (QED) is 0.302. The van der Waals surface area contributed by atoms with E-state index in [4.69, 9.17) is 9.72 Å². The Kier molecular flexibility index (Phi) is 8.48. The molecule has 4 rings (SSSR count). The van der Waals surface area contributed by atoms with Crippen LogP contribution in [0.4, 0.5) is 23.8 Å². The summed E-state index contributed by atoms with van der Waals surface area (Å²) in [4.78, 5) is 21.6. The zero-order chi connectivity index (χ0) is 27.4. The van der Waals surface area contributed by atoms with E-state index in [-0.39, 0.29) is 13.1 Å². The van der Waals surface area contributed by atoms with Gasteiger partial charge in [0.1, 0.15) is 5.82 Å². The van der Waals surface area contributed by atoms with Gasteiger partial charge in [0.25, 0.3) is 0 Å². The number of anilines is 1. The van der Waals surface area contributed by atoms with Gasteiger partial charge in [-0.15, -0.1) is 0 Å². The summed E-state index contributed by atoms with van der Waals surface area (Å²) in [6.45, 7) is 7.53. The SMILES string of the molecule is CCN(CC1CCCC1)c1nc2ccc(C)cc2cc1CN(Cc1cc(C)cc(C(F)(F)F)c1)C(=O)OC. The third kappa shape index (κ3) is 6.58. The predicted molar refractivity (Wildman–Crippen MR) is 144 cm³/mol. The van der Waals surface area contributed by atoms with Crippen LogP contribution in [0.2, 0.25) is 0 Å². The van der Waals surface area contributed by atoms with Crippen LogP contribution in [-0.2, 0) is 24.0 Å². The minimum Gasteiger partial charge on any atom is -0.453 e. The van der Waals surface area contributed by atoms with Gasteiger partial charge < -0.3 is 9.64 Å². The van der Waals surface area contributed by atoms with Crippen LogP contribution in [0, 0.1) is 19.8 Å². The molecule has 1 amide bonds. The number of benzene rings is 2. The van der Waals surface area contributed by atoms with Crippen molar-refractivity contribution < 1.29 is 22.7 Å². The maximum absolute atomic E-state index is 13.5. The number of carbonyl (C=O) groups is 1. The smallest absolute Gasteiger partial charge is 0.416 e. The van der Waals surface area contributed by atoms with Crippen molar-refractivity contribution in [1.29, 1.82) is 0 Å². The van der Waals surface area contributed by atoms with Crippen LogP contribution in [0.25, 0.3) is 10.9 Å². The molecule has 1 fully saturated rings. The van der Waals surface area contributed by atoms with Crippen molar-refractivity contribution in [3.63, 3.8) is 0 Å². The first-order chi connectivity index (χ1) is 18.1. The first kappa shape index (κ1) is 27.7. The van der Waals surface area contributed by atoms with Gasteiger partial charge in [0, 0.05) is 30.6 Å². The van der Waals surface area contributed by atoms with Crippen LogP contribution in [0.15, 0.2) is 42.5 Å². The van der Waals surface area contributed by atoms with Crippen molar-refractivity contribution in [3.8, 4) is 0 Å². The second kappa shape index (κ2) is 11.6. The molecule has 204 valence electrons. The van der Waals surface area contributed by atoms with Crippen molar-refractivity contribution in [3.05, 3.63) is 70.3 Å². The molecule has 0 N–H and O–H groups in total. The second-order valence-corrected chi connectivity index (χ2v) is 10.4. The highest BCUT2D eigenvalue weighted by Gasteiger charge is 2.31. The predicted octanol–water partition coefficient (Wildman–Crippen LogP) is 7.66. The van der Waals surface area contributed by atoms with Gasteiger partial charge >= 0.3 is 12.3 Å². The van der Waals surface area contributed by atoms with E-state index in [0.29, 0.717) is 17.0 Å². The summed E-state index contributed by atoms with van der Waals surface area (Å²) in [6, 6.07) is 12.0. The monoisotopic (exact) mass is 527 g/mol. The summed E-state index contributed by atoms with van der Waals surface area (Å²) < 4.78 is 45.5. The van der Waals surface area contributed by atoms with Crippen LogP contribution in [0.5, 0.6) is 0 Å². The third-order valence-electron chi connectivity index (χ3n) is 7.29. The number of halogens is 3. The van der Waals surface area contributed by atoms with Crippen molar-refractivity contribution in [2.45, 2.75) is 65.7 Å². The highest BCUT2D eigenvalue weighted by Crippen LogP contribution is 2.33. The minimum atomic E-state index is -4.47. The summed E-state index contributed by atoms with van der Waals surface area (Å²) in [5.74, 6) is 1.41. The summed E-state index contributed by atoms with van der Waals surface area (Å²) in [5, 5.41) is 0.959. The molecule has 0 unspecified atom stereocenters. The number of amides is 1. The molecular weight excluding hydrogens is 491 g/mol. The largest absolute Gasteiger partial charge is 0.453 e. The zero-order valence-corrected chi connectivity index (χ0v) is 22.6. The standard InChI is InChI=1S/C30H36F3N3O2/c1-5-35(17-22-8-6-7-9-22)28-25(16-24-13-20(2)10-11-27(24)34-28)19-36(29(37)38-4)18-23-12-21(3)14-26(15-23)30(31,32)33/h10-16,22H,5-9,17-19H2,1-4H3. The lowest BCUT2D eigenvalue weighted by Gasteiger charge is -2.30. The van der Waals surface area contributed by atoms with Gasteiger partial charge in [-0.25, -0.2) is 9.78 Å². The second-order valence-electron chi connectivity index (χ2n) is 10.4. The highest BCUT2D eigenvalue weighted by atomic mass is 19.4. The number of hydrogen-bond acceptors (Lipinski definition) is 4. The first-order valence-corrected chi connectivity index (χ1v) is 13.2. The number of ether oxygens (including phenoxy) is 1. The molecule has 3 aromatic rings. The Bertz CT molecular complexity index is 1290. The summed E-state index contributed by atoms with van der Waals surface area (Å²) in [7, 11) is 1.29. The average molecular weight is 528 g/mol. The fourth-order valence-corrected chi connectivity index (χ4v) is 5.45. The Hall–Kier alpha value is -3.29. The van der Waals surface area contributed by atoms with Gasteiger partial charge in [-0.2, -0.15) is 13.2 Å². The molecule has 1 saturated carbocycles. The van der Waals surface area contributed by atoms with Gasteiger partial charge in [0.05, 0.1) is 24.7 Å². The van der Waals surface area contributed by atoms with Crippen molar-refractivity contribution in [1.82, 2.24) is 9.88 Å². The van der Waals surface area contributed by atoms with Crippen molar-refractivity contribution >= 4 is 22.8 Å². The van der Waals surface area contributed by atoms with E-state index in [0.717, 1.165) is 53.1 Å². The van der Waals surface area contributed by atoms with Crippen molar-refractivity contribution in [2.24, 2.45) is 5.92 Å². The molecule has 0 atom stereocenters. The van der Waals surface area contributed by atoms with Gasteiger partial charge in [0.15, 0.2) is 0 Å². The van der Waals surface area contributed by atoms with E-state index in [1.54, 1.807) is 13.0 Å². The number of fused-ring (bicyclic) bond motifs is 1. The fourth-order valence-electron chi connectivity index (χ4n) is 5.45. The summed E-state index contributed by atoms with van der Waals surface area (Å²) in [5.41, 5.74) is 2.97. The van der Waals surface area contributed by atoms with E-state index in [9.17, 15) is 18.0 Å². The molecule has 0 aliphatic heterocycles. The Balaban J connectivity index is 1.73. The Labute approximate surface area is 222 Å². The van der Waals surface area contributed by atoms with Gasteiger partial charge in [-0.3, -0.25) is 4.90 Å². The lowest BCUT2D eigenvalue weighted by molar-refractivity contribution is -0.137. The molecule has 0 spiro atoms. The molecule has 2 aromatic carbocycles. The molecule has 0 radical (unpaired) electrons. The minimum absolute atomic E-state index is 0.0164. The fraction of sp³-hybridized carbons (Fsp3) is 0.467. The molecule has 38 heavy (non-hydrogen) atoms. The van der Waals surface area contributed by atoms with Crippen LogP contribution < -0.4 is 4.90 Å². The molecule has 1 aliphatic carbocycles. The molecule has 0 saturated heterocycles. The average Bonchev–Trinajstić information content (AvgIpc) is 3.38. The topological polar surface area (TPSA) is 45.7 Å². The maximum Gasteiger partial charge on any atom is 0.416 e. The molecule has 1 aliphatic rings. The first-order valence-electron chi connectivity index (χ1n) is 13.2. The number of rotatable bonds is 8. The Morgan fingerprint density at radius 2 is 1.76 bits per heavy atom. The Morgan fingerprint density at radius 1 is 1.03 bits per heavy atom. The zero-order valence-electron chi connectivity index (χ0n) is 22.6. The maximum atomic E-state index is 13.5. The number of methoxy groups -OCH3 is 1. The molecular formula is C30H36F3N3O2. The number of pyridine rings is 1. The van der Waals surface area contributed by atoms with E-state index in [1.807, 2.05) is 19.1 Å². The number of carbonyl (C=O) groups excluding carboxylic acids is 1. The van der Waals surface area contributed by atoms with Gasteiger partial charge in [-0.05, 0) is 75.4 Å². The van der Waals surface area contributed by atoms with E-state index in [2.05, 4.69) is 24.0 Å². The number of aromatic nitrogens is 1. The lowest BCUT2D eigenvalue weighted by atomic mass is 10.0. The van der Waals surface area contributed by atoms with Crippen LogP contribution >= 0.6 is 0 Å². The van der Waals surface area contributed by atoms with E-state index in [1.165, 1.54) is 37.7 Å². The number of alkyl halides is 3. The summed E-state index contributed by atoms with van der Waals surface area (Å²) >= 11 is 0. The molecule has 1 heterocycles. The molecule has 8 heteroatoms. The summed E-state index contributed by atoms with van der Waals surface area (Å²) in [6.07, 6.45) is -0.192. The van der Waals surface area contributed by atoms with Gasteiger partial charge in [0.2, 0.25) is 0 Å². The molecule has 0 bridgehead atoms.